The molecule has 0 aromatic heterocycles. The molecule has 0 radical (unpaired) electrons. The summed E-state index contributed by atoms with van der Waals surface area (Å²) in [7, 11) is 0. The Morgan fingerprint density at radius 3 is 2.07 bits per heavy atom. The molecule has 3 N–H and O–H groups in total. The minimum atomic E-state index is -0.475. The standard InChI is InChI=1S/C6H6O3.C4H8O2/c7-4-2-1-3-5(8)6(4)9;1-2-3-6-4-5/h1-3,7-9H;4H,2-3H2,1H3. The van der Waals surface area contributed by atoms with Crippen molar-refractivity contribution in [2.24, 2.45) is 0 Å². The summed E-state index contributed by atoms with van der Waals surface area (Å²) in [5.74, 6) is -1.09. The third-order valence-corrected chi connectivity index (χ3v) is 1.38. The van der Waals surface area contributed by atoms with Gasteiger partial charge in [0.15, 0.2) is 17.2 Å². The average Bonchev–Trinajstić information content (AvgIpc) is 2.24. The van der Waals surface area contributed by atoms with Gasteiger partial charge in [-0.15, -0.1) is 0 Å². The number of aromatic hydroxyl groups is 3. The van der Waals surface area contributed by atoms with E-state index in [1.807, 2.05) is 6.92 Å². The van der Waals surface area contributed by atoms with Crippen molar-refractivity contribution in [3.05, 3.63) is 18.2 Å². The molecule has 1 rings (SSSR count). The number of phenols is 3. The maximum absolute atomic E-state index is 9.34. The molecule has 84 valence electrons. The number of rotatable bonds is 3. The molecule has 0 fully saturated rings. The normalized spacial score (nSPS) is 8.60. The molecule has 0 saturated heterocycles. The number of hydrogen-bond acceptors (Lipinski definition) is 5. The molecular weight excluding hydrogens is 200 g/mol. The quantitative estimate of drug-likeness (QED) is 0.402. The molecule has 0 spiro atoms. The molecule has 0 aliphatic rings. The summed E-state index contributed by atoms with van der Waals surface area (Å²) < 4.78 is 4.30. The number of benzene rings is 1. The van der Waals surface area contributed by atoms with Gasteiger partial charge in [-0.2, -0.15) is 0 Å². The first-order chi connectivity index (χ1) is 7.13. The van der Waals surface area contributed by atoms with E-state index in [2.05, 4.69) is 4.74 Å². The maximum Gasteiger partial charge on any atom is 0.293 e. The van der Waals surface area contributed by atoms with E-state index in [1.165, 1.54) is 18.2 Å². The Hall–Kier alpha value is -1.91. The summed E-state index contributed by atoms with van der Waals surface area (Å²) in [4.78, 5) is 9.34. The van der Waals surface area contributed by atoms with Gasteiger partial charge in [0.1, 0.15) is 0 Å². The number of ether oxygens (including phenoxy) is 1. The van der Waals surface area contributed by atoms with Crippen LogP contribution in [0.4, 0.5) is 0 Å². The van der Waals surface area contributed by atoms with E-state index < -0.39 is 5.75 Å². The highest BCUT2D eigenvalue weighted by Gasteiger charge is 2.00. The van der Waals surface area contributed by atoms with Crippen LogP contribution in [0.3, 0.4) is 0 Å². The van der Waals surface area contributed by atoms with E-state index in [1.54, 1.807) is 0 Å². The van der Waals surface area contributed by atoms with Crippen LogP contribution in [0.5, 0.6) is 17.2 Å². The highest BCUT2D eigenvalue weighted by atomic mass is 16.5. The van der Waals surface area contributed by atoms with Crippen LogP contribution < -0.4 is 0 Å². The van der Waals surface area contributed by atoms with Crippen LogP contribution >= 0.6 is 0 Å². The average molecular weight is 214 g/mol. The smallest absolute Gasteiger partial charge is 0.293 e. The van der Waals surface area contributed by atoms with Crippen LogP contribution in [-0.2, 0) is 9.53 Å². The zero-order valence-corrected chi connectivity index (χ0v) is 8.38. The molecule has 0 aliphatic carbocycles. The summed E-state index contributed by atoms with van der Waals surface area (Å²) in [5.41, 5.74) is 0. The Labute approximate surface area is 87.6 Å². The molecule has 15 heavy (non-hydrogen) atoms. The van der Waals surface area contributed by atoms with Gasteiger partial charge in [0.25, 0.3) is 6.47 Å². The van der Waals surface area contributed by atoms with Crippen molar-refractivity contribution in [3.8, 4) is 17.2 Å². The highest BCUT2D eigenvalue weighted by Crippen LogP contribution is 2.32. The fraction of sp³-hybridized carbons (Fsp3) is 0.300. The third kappa shape index (κ3) is 5.41. The largest absolute Gasteiger partial charge is 0.504 e. The van der Waals surface area contributed by atoms with Crippen molar-refractivity contribution in [1.82, 2.24) is 0 Å². The van der Waals surface area contributed by atoms with E-state index >= 15 is 0 Å². The lowest BCUT2D eigenvalue weighted by atomic mass is 10.3. The summed E-state index contributed by atoms with van der Waals surface area (Å²) in [6.07, 6.45) is 0.902. The van der Waals surface area contributed by atoms with Crippen LogP contribution in [0.15, 0.2) is 18.2 Å². The van der Waals surface area contributed by atoms with Gasteiger partial charge >= 0.3 is 0 Å². The van der Waals surface area contributed by atoms with E-state index in [9.17, 15) is 4.79 Å². The lowest BCUT2D eigenvalue weighted by molar-refractivity contribution is -0.128. The molecule has 5 heteroatoms. The predicted octanol–water partition coefficient (Wildman–Crippen LogP) is 1.37. The van der Waals surface area contributed by atoms with Gasteiger partial charge < -0.3 is 20.1 Å². The predicted molar refractivity (Wildman–Crippen MR) is 53.7 cm³/mol. The number of carbonyl (C=O) groups is 1. The van der Waals surface area contributed by atoms with Crippen LogP contribution in [0.2, 0.25) is 0 Å². The van der Waals surface area contributed by atoms with Crippen LogP contribution in [0.1, 0.15) is 13.3 Å². The first-order valence-corrected chi connectivity index (χ1v) is 4.38. The van der Waals surface area contributed by atoms with Gasteiger partial charge in [-0.3, -0.25) is 4.79 Å². The Balaban J connectivity index is 0.000000288. The van der Waals surface area contributed by atoms with Crippen LogP contribution in [-0.4, -0.2) is 28.4 Å². The first kappa shape index (κ1) is 13.1. The van der Waals surface area contributed by atoms with Gasteiger partial charge in [-0.25, -0.2) is 0 Å². The van der Waals surface area contributed by atoms with Crippen molar-refractivity contribution in [2.75, 3.05) is 6.61 Å². The molecule has 0 amide bonds. The van der Waals surface area contributed by atoms with Gasteiger partial charge in [0, 0.05) is 0 Å². The molecule has 5 nitrogen and oxygen atoms in total. The van der Waals surface area contributed by atoms with Gasteiger partial charge in [0.2, 0.25) is 0 Å². The number of para-hydroxylation sites is 1. The molecule has 0 atom stereocenters. The Kier molecular flexibility index (Phi) is 6.54. The molecule has 0 aliphatic heterocycles. The lowest BCUT2D eigenvalue weighted by Crippen LogP contribution is -1.86. The van der Waals surface area contributed by atoms with Crippen molar-refractivity contribution >= 4 is 6.47 Å². The Bertz CT molecular complexity index is 278. The number of hydrogen-bond donors (Lipinski definition) is 3. The summed E-state index contributed by atoms with van der Waals surface area (Å²) in [6.45, 7) is 2.95. The SMILES string of the molecule is CCCOC=O.Oc1cccc(O)c1O. The Morgan fingerprint density at radius 2 is 1.80 bits per heavy atom. The van der Waals surface area contributed by atoms with Crippen LogP contribution in [0, 0.1) is 0 Å². The third-order valence-electron chi connectivity index (χ3n) is 1.38. The van der Waals surface area contributed by atoms with E-state index in [4.69, 9.17) is 15.3 Å². The van der Waals surface area contributed by atoms with Crippen molar-refractivity contribution < 1.29 is 24.9 Å². The molecule has 0 unspecified atom stereocenters. The summed E-state index contributed by atoms with van der Waals surface area (Å²) in [6, 6.07) is 4.01. The monoisotopic (exact) mass is 214 g/mol. The zero-order chi connectivity index (χ0) is 11.7. The second-order valence-electron chi connectivity index (χ2n) is 2.61. The first-order valence-electron chi connectivity index (χ1n) is 4.38. The topological polar surface area (TPSA) is 87.0 Å². The second-order valence-corrected chi connectivity index (χ2v) is 2.61. The molecule has 0 heterocycles. The minimum Gasteiger partial charge on any atom is -0.504 e. The van der Waals surface area contributed by atoms with Gasteiger partial charge in [-0.05, 0) is 18.6 Å². The highest BCUT2D eigenvalue weighted by molar-refractivity contribution is 5.47. The second kappa shape index (κ2) is 7.49. The maximum atomic E-state index is 9.34. The molecule has 1 aromatic rings. The lowest BCUT2D eigenvalue weighted by Gasteiger charge is -1.96. The van der Waals surface area contributed by atoms with Gasteiger partial charge in [-0.1, -0.05) is 13.0 Å². The van der Waals surface area contributed by atoms with Crippen molar-refractivity contribution in [2.45, 2.75) is 13.3 Å². The summed E-state index contributed by atoms with van der Waals surface area (Å²) >= 11 is 0. The van der Waals surface area contributed by atoms with E-state index in [0.29, 0.717) is 13.1 Å². The molecule has 0 saturated carbocycles. The zero-order valence-electron chi connectivity index (χ0n) is 8.38. The fourth-order valence-corrected chi connectivity index (χ4v) is 0.685. The molecular formula is C10H14O5. The van der Waals surface area contributed by atoms with Crippen molar-refractivity contribution in [1.29, 1.82) is 0 Å². The van der Waals surface area contributed by atoms with Crippen molar-refractivity contribution in [3.63, 3.8) is 0 Å². The summed E-state index contributed by atoms with van der Waals surface area (Å²) in [5, 5.41) is 26.1. The fourth-order valence-electron chi connectivity index (χ4n) is 0.685. The Morgan fingerprint density at radius 1 is 1.27 bits per heavy atom. The molecule has 0 bridgehead atoms. The molecule has 1 aromatic carbocycles. The minimum absolute atomic E-state index is 0.310. The number of carbonyl (C=O) groups excluding carboxylic acids is 1. The van der Waals surface area contributed by atoms with Gasteiger partial charge in [0.05, 0.1) is 6.61 Å². The number of phenolic OH excluding ortho intramolecular Hbond substituents is 3. The van der Waals surface area contributed by atoms with Crippen LogP contribution in [0.25, 0.3) is 0 Å². The van der Waals surface area contributed by atoms with E-state index in [-0.39, 0.29) is 11.5 Å². The van der Waals surface area contributed by atoms with E-state index in [0.717, 1.165) is 6.42 Å².